The predicted molar refractivity (Wildman–Crippen MR) is 100 cm³/mol. The summed E-state index contributed by atoms with van der Waals surface area (Å²) < 4.78 is 5.38. The van der Waals surface area contributed by atoms with Crippen molar-refractivity contribution >= 4 is 23.8 Å². The summed E-state index contributed by atoms with van der Waals surface area (Å²) in [5.41, 5.74) is 1.84. The van der Waals surface area contributed by atoms with Crippen molar-refractivity contribution in [2.45, 2.75) is 50.8 Å². The molecule has 0 saturated carbocycles. The maximum Gasteiger partial charge on any atom is 0.338 e. The molecule has 136 valence electrons. The van der Waals surface area contributed by atoms with Crippen LogP contribution in [0.1, 0.15) is 46.2 Å². The van der Waals surface area contributed by atoms with Crippen molar-refractivity contribution in [1.29, 1.82) is 0 Å². The molecule has 1 unspecified atom stereocenters. The van der Waals surface area contributed by atoms with E-state index < -0.39 is 12.0 Å². The van der Waals surface area contributed by atoms with Crippen LogP contribution in [0.25, 0.3) is 0 Å². The number of urea groups is 1. The fourth-order valence-electron chi connectivity index (χ4n) is 2.55. The summed E-state index contributed by atoms with van der Waals surface area (Å²) in [6.45, 7) is 10.3. The highest BCUT2D eigenvalue weighted by molar-refractivity contribution is 7.99. The van der Waals surface area contributed by atoms with Gasteiger partial charge < -0.3 is 15.4 Å². The van der Waals surface area contributed by atoms with E-state index in [1.807, 2.05) is 38.1 Å². The lowest BCUT2D eigenvalue weighted by Crippen LogP contribution is -2.45. The molecule has 1 aromatic carbocycles. The van der Waals surface area contributed by atoms with Crippen LogP contribution in [-0.4, -0.2) is 23.9 Å². The summed E-state index contributed by atoms with van der Waals surface area (Å²) >= 11 is 1.77. The second-order valence-corrected chi connectivity index (χ2v) is 8.45. The number of benzene rings is 1. The van der Waals surface area contributed by atoms with E-state index in [1.54, 1.807) is 18.7 Å². The molecule has 0 radical (unpaired) electrons. The summed E-state index contributed by atoms with van der Waals surface area (Å²) in [5.74, 6) is -0.147. The molecule has 1 heterocycles. The number of esters is 1. The summed E-state index contributed by atoms with van der Waals surface area (Å²) in [5, 5.41) is 5.98. The van der Waals surface area contributed by atoms with Crippen molar-refractivity contribution in [3.63, 3.8) is 0 Å². The molecule has 0 fully saturated rings. The highest BCUT2D eigenvalue weighted by Gasteiger charge is 2.32. The summed E-state index contributed by atoms with van der Waals surface area (Å²) in [6.07, 6.45) is 0. The second kappa shape index (κ2) is 8.43. The van der Waals surface area contributed by atoms with E-state index >= 15 is 0 Å². The Kier molecular flexibility index (Phi) is 6.53. The smallest absolute Gasteiger partial charge is 0.338 e. The number of carbonyl (C=O) groups is 2. The van der Waals surface area contributed by atoms with Gasteiger partial charge in [0.1, 0.15) is 0 Å². The summed E-state index contributed by atoms with van der Waals surface area (Å²) in [6, 6.07) is 7.10. The van der Waals surface area contributed by atoms with Gasteiger partial charge in [0.15, 0.2) is 0 Å². The van der Waals surface area contributed by atoms with Crippen LogP contribution >= 0.6 is 11.8 Å². The van der Waals surface area contributed by atoms with Crippen molar-refractivity contribution in [2.75, 3.05) is 6.61 Å². The Morgan fingerprint density at radius 1 is 1.20 bits per heavy atom. The molecule has 1 atom stereocenters. The average Bonchev–Trinajstić information content (AvgIpc) is 2.52. The number of carbonyl (C=O) groups excluding carboxylic acids is 2. The molecule has 0 spiro atoms. The Bertz CT molecular complexity index is 666. The molecule has 1 aliphatic heterocycles. The van der Waals surface area contributed by atoms with Gasteiger partial charge in [-0.2, -0.15) is 0 Å². The fraction of sp³-hybridized carbons (Fsp3) is 0.474. The fourth-order valence-corrected chi connectivity index (χ4v) is 3.38. The van der Waals surface area contributed by atoms with E-state index in [0.717, 1.165) is 10.5 Å². The first-order valence-electron chi connectivity index (χ1n) is 8.50. The number of rotatable bonds is 6. The molecule has 0 bridgehead atoms. The van der Waals surface area contributed by atoms with Gasteiger partial charge >= 0.3 is 12.0 Å². The van der Waals surface area contributed by atoms with Gasteiger partial charge in [0.2, 0.25) is 0 Å². The monoisotopic (exact) mass is 362 g/mol. The van der Waals surface area contributed by atoms with E-state index in [4.69, 9.17) is 4.74 Å². The molecule has 0 aromatic heterocycles. The number of thioether (sulfide) groups is 1. The predicted octanol–water partition coefficient (Wildman–Crippen LogP) is 4.01. The van der Waals surface area contributed by atoms with Crippen molar-refractivity contribution in [3.8, 4) is 0 Å². The molecule has 2 N–H and O–H groups in total. The SMILES string of the molecule is CC1=C(C(=O)OCC(C)C)C(c2ccc(SC(C)C)cc2)NC(=O)N1. The van der Waals surface area contributed by atoms with Gasteiger partial charge in [0.25, 0.3) is 0 Å². The minimum Gasteiger partial charge on any atom is -0.462 e. The van der Waals surface area contributed by atoms with Crippen LogP contribution in [-0.2, 0) is 9.53 Å². The van der Waals surface area contributed by atoms with Gasteiger partial charge in [-0.3, -0.25) is 0 Å². The first-order chi connectivity index (χ1) is 11.8. The van der Waals surface area contributed by atoms with E-state index in [1.165, 1.54) is 0 Å². The number of hydrogen-bond acceptors (Lipinski definition) is 4. The number of ether oxygens (including phenoxy) is 1. The molecule has 1 aromatic rings. The van der Waals surface area contributed by atoms with Gasteiger partial charge in [0, 0.05) is 15.8 Å². The number of allylic oxidation sites excluding steroid dienone is 1. The molecule has 1 aliphatic rings. The highest BCUT2D eigenvalue weighted by Crippen LogP contribution is 2.30. The highest BCUT2D eigenvalue weighted by atomic mass is 32.2. The summed E-state index contributed by atoms with van der Waals surface area (Å²) in [7, 11) is 0. The lowest BCUT2D eigenvalue weighted by molar-refractivity contribution is -0.140. The minimum absolute atomic E-state index is 0.252. The van der Waals surface area contributed by atoms with Crippen LogP contribution in [0.3, 0.4) is 0 Å². The summed E-state index contributed by atoms with van der Waals surface area (Å²) in [4.78, 5) is 25.6. The molecule has 2 rings (SSSR count). The molecular weight excluding hydrogens is 336 g/mol. The molecule has 5 nitrogen and oxygen atoms in total. The Morgan fingerprint density at radius 2 is 1.84 bits per heavy atom. The lowest BCUT2D eigenvalue weighted by atomic mass is 9.95. The lowest BCUT2D eigenvalue weighted by Gasteiger charge is -2.28. The molecule has 2 amide bonds. The van der Waals surface area contributed by atoms with Crippen LogP contribution in [0.15, 0.2) is 40.4 Å². The van der Waals surface area contributed by atoms with E-state index in [-0.39, 0.29) is 11.9 Å². The van der Waals surface area contributed by atoms with Crippen molar-refractivity contribution in [3.05, 3.63) is 41.1 Å². The molecule has 25 heavy (non-hydrogen) atoms. The minimum atomic E-state index is -0.508. The average molecular weight is 362 g/mol. The second-order valence-electron chi connectivity index (χ2n) is 6.80. The normalized spacial score (nSPS) is 17.6. The van der Waals surface area contributed by atoms with Gasteiger partial charge in [0.05, 0.1) is 18.2 Å². The van der Waals surface area contributed by atoms with Crippen LogP contribution in [0.4, 0.5) is 4.79 Å². The number of amides is 2. The van der Waals surface area contributed by atoms with Gasteiger partial charge in [-0.1, -0.05) is 39.8 Å². The number of nitrogens with one attached hydrogen (secondary N) is 2. The van der Waals surface area contributed by atoms with E-state index in [9.17, 15) is 9.59 Å². The zero-order valence-corrected chi connectivity index (χ0v) is 16.2. The molecule has 6 heteroatoms. The zero-order valence-electron chi connectivity index (χ0n) is 15.4. The largest absolute Gasteiger partial charge is 0.462 e. The zero-order chi connectivity index (χ0) is 18.6. The van der Waals surface area contributed by atoms with Crippen LogP contribution in [0, 0.1) is 5.92 Å². The Morgan fingerprint density at radius 3 is 2.40 bits per heavy atom. The molecule has 0 aliphatic carbocycles. The van der Waals surface area contributed by atoms with Gasteiger partial charge in [-0.25, -0.2) is 9.59 Å². The van der Waals surface area contributed by atoms with Crippen LogP contribution < -0.4 is 10.6 Å². The maximum absolute atomic E-state index is 12.5. The first kappa shape index (κ1) is 19.4. The van der Waals surface area contributed by atoms with Crippen LogP contribution in [0.2, 0.25) is 0 Å². The van der Waals surface area contributed by atoms with Crippen molar-refractivity contribution < 1.29 is 14.3 Å². The third kappa shape index (κ3) is 5.26. The third-order valence-corrected chi connectivity index (χ3v) is 4.64. The Hall–Kier alpha value is -1.95. The van der Waals surface area contributed by atoms with E-state index in [2.05, 4.69) is 24.5 Å². The first-order valence-corrected chi connectivity index (χ1v) is 9.38. The number of hydrogen-bond donors (Lipinski definition) is 2. The van der Waals surface area contributed by atoms with Gasteiger partial charge in [-0.15, -0.1) is 11.8 Å². The van der Waals surface area contributed by atoms with Crippen molar-refractivity contribution in [2.24, 2.45) is 5.92 Å². The molecule has 0 saturated heterocycles. The van der Waals surface area contributed by atoms with Crippen LogP contribution in [0.5, 0.6) is 0 Å². The quantitative estimate of drug-likeness (QED) is 0.593. The topological polar surface area (TPSA) is 67.4 Å². The third-order valence-electron chi connectivity index (χ3n) is 3.62. The Labute approximate surface area is 153 Å². The molecular formula is C19H26N2O3S. The van der Waals surface area contributed by atoms with Crippen molar-refractivity contribution in [1.82, 2.24) is 10.6 Å². The van der Waals surface area contributed by atoms with Gasteiger partial charge in [-0.05, 0) is 30.5 Å². The maximum atomic E-state index is 12.5. The van der Waals surface area contributed by atoms with E-state index in [0.29, 0.717) is 23.1 Å². The standard InChI is InChI=1S/C19H26N2O3S/c1-11(2)10-24-18(22)16-13(5)20-19(23)21-17(16)14-6-8-15(9-7-14)25-12(3)4/h6-9,11-12,17H,10H2,1-5H3,(H2,20,21,23). The Balaban J connectivity index is 2.27.